The molecule has 0 radical (unpaired) electrons. The quantitative estimate of drug-likeness (QED) is 0.744. The summed E-state index contributed by atoms with van der Waals surface area (Å²) in [6.07, 6.45) is 1.64. The van der Waals surface area contributed by atoms with Crippen LogP contribution in [-0.2, 0) is 9.59 Å². The van der Waals surface area contributed by atoms with Crippen LogP contribution >= 0.6 is 0 Å². The van der Waals surface area contributed by atoms with Gasteiger partial charge in [0, 0.05) is 12.5 Å². The Kier molecular flexibility index (Phi) is 3.37. The smallest absolute Gasteiger partial charge is 0.306 e. The second-order valence-corrected chi connectivity index (χ2v) is 5.51. The first-order chi connectivity index (χ1) is 6.78. The third-order valence-electron chi connectivity index (χ3n) is 2.54. The number of carboxylic acid groups (broad SMARTS) is 1. The van der Waals surface area contributed by atoms with Crippen LogP contribution in [0.2, 0.25) is 0 Å². The fourth-order valence-electron chi connectivity index (χ4n) is 1.70. The molecule has 0 unspecified atom stereocenters. The molecule has 1 rings (SSSR count). The van der Waals surface area contributed by atoms with Gasteiger partial charge < -0.3 is 10.4 Å². The van der Waals surface area contributed by atoms with Gasteiger partial charge in [-0.3, -0.25) is 9.59 Å². The van der Waals surface area contributed by atoms with Gasteiger partial charge in [0.15, 0.2) is 0 Å². The van der Waals surface area contributed by atoms with E-state index in [0.29, 0.717) is 19.3 Å². The standard InChI is InChI=1S/C11H19NO3/c1-11(2,3)6-9(13)12-8-4-7(5-8)10(14)15/h7-8H,4-6H2,1-3H3,(H,12,13)(H,14,15). The first-order valence-corrected chi connectivity index (χ1v) is 5.30. The molecule has 0 aromatic carbocycles. The third-order valence-corrected chi connectivity index (χ3v) is 2.54. The van der Waals surface area contributed by atoms with E-state index in [1.807, 2.05) is 20.8 Å². The highest BCUT2D eigenvalue weighted by Gasteiger charge is 2.35. The van der Waals surface area contributed by atoms with Crippen LogP contribution in [0, 0.1) is 11.3 Å². The topological polar surface area (TPSA) is 66.4 Å². The van der Waals surface area contributed by atoms with Crippen molar-refractivity contribution in [3.05, 3.63) is 0 Å². The van der Waals surface area contributed by atoms with Crippen LogP contribution in [0.4, 0.5) is 0 Å². The Morgan fingerprint density at radius 3 is 2.27 bits per heavy atom. The predicted molar refractivity (Wildman–Crippen MR) is 56.4 cm³/mol. The van der Waals surface area contributed by atoms with Crippen molar-refractivity contribution in [3.63, 3.8) is 0 Å². The normalized spacial score (nSPS) is 25.5. The zero-order valence-electron chi connectivity index (χ0n) is 9.54. The van der Waals surface area contributed by atoms with Gasteiger partial charge in [0.1, 0.15) is 0 Å². The Hall–Kier alpha value is -1.06. The maximum atomic E-state index is 11.5. The molecule has 2 N–H and O–H groups in total. The van der Waals surface area contributed by atoms with Crippen molar-refractivity contribution in [1.82, 2.24) is 5.32 Å². The van der Waals surface area contributed by atoms with Crippen LogP contribution in [0.25, 0.3) is 0 Å². The number of aliphatic carboxylic acids is 1. The molecule has 0 aromatic rings. The second-order valence-electron chi connectivity index (χ2n) is 5.51. The molecular formula is C11H19NO3. The van der Waals surface area contributed by atoms with Gasteiger partial charge in [0.05, 0.1) is 5.92 Å². The number of nitrogens with one attached hydrogen (secondary N) is 1. The number of hydrogen-bond acceptors (Lipinski definition) is 2. The molecule has 1 aliphatic carbocycles. The van der Waals surface area contributed by atoms with Crippen molar-refractivity contribution < 1.29 is 14.7 Å². The number of hydrogen-bond donors (Lipinski definition) is 2. The van der Waals surface area contributed by atoms with Gasteiger partial charge in [0.2, 0.25) is 5.91 Å². The summed E-state index contributed by atoms with van der Waals surface area (Å²) in [5, 5.41) is 11.5. The molecule has 86 valence electrons. The molecule has 4 nitrogen and oxygen atoms in total. The fraction of sp³-hybridized carbons (Fsp3) is 0.818. The van der Waals surface area contributed by atoms with Crippen LogP contribution in [0.15, 0.2) is 0 Å². The monoisotopic (exact) mass is 213 g/mol. The zero-order chi connectivity index (χ0) is 11.6. The second kappa shape index (κ2) is 4.21. The van der Waals surface area contributed by atoms with E-state index >= 15 is 0 Å². The molecule has 4 heteroatoms. The summed E-state index contributed by atoms with van der Waals surface area (Å²) in [5.41, 5.74) is -0.0139. The highest BCUT2D eigenvalue weighted by Crippen LogP contribution is 2.28. The van der Waals surface area contributed by atoms with Crippen LogP contribution in [0.1, 0.15) is 40.0 Å². The predicted octanol–water partition coefficient (Wildman–Crippen LogP) is 1.40. The van der Waals surface area contributed by atoms with Crippen molar-refractivity contribution in [2.75, 3.05) is 0 Å². The molecule has 0 atom stereocenters. The van der Waals surface area contributed by atoms with E-state index in [0.717, 1.165) is 0 Å². The SMILES string of the molecule is CC(C)(C)CC(=O)NC1CC(C(=O)O)C1. The Balaban J connectivity index is 2.22. The molecule has 0 spiro atoms. The van der Waals surface area contributed by atoms with E-state index in [4.69, 9.17) is 5.11 Å². The summed E-state index contributed by atoms with van der Waals surface area (Å²) < 4.78 is 0. The minimum Gasteiger partial charge on any atom is -0.481 e. The van der Waals surface area contributed by atoms with E-state index in [1.54, 1.807) is 0 Å². The van der Waals surface area contributed by atoms with E-state index in [1.165, 1.54) is 0 Å². The number of carbonyl (C=O) groups is 2. The third kappa shape index (κ3) is 3.90. The van der Waals surface area contributed by atoms with Crippen molar-refractivity contribution in [2.24, 2.45) is 11.3 Å². The number of amides is 1. The van der Waals surface area contributed by atoms with Crippen LogP contribution in [0.5, 0.6) is 0 Å². The van der Waals surface area contributed by atoms with Gasteiger partial charge in [-0.15, -0.1) is 0 Å². The minimum absolute atomic E-state index is 0.0139. The van der Waals surface area contributed by atoms with Crippen molar-refractivity contribution in [2.45, 2.75) is 46.1 Å². The Morgan fingerprint density at radius 1 is 1.33 bits per heavy atom. The number of carboxylic acids is 1. The lowest BCUT2D eigenvalue weighted by Gasteiger charge is -2.33. The summed E-state index contributed by atoms with van der Waals surface area (Å²) in [6.45, 7) is 6.02. The molecule has 1 saturated carbocycles. The summed E-state index contributed by atoms with van der Waals surface area (Å²) >= 11 is 0. The van der Waals surface area contributed by atoms with Gasteiger partial charge in [-0.1, -0.05) is 20.8 Å². The highest BCUT2D eigenvalue weighted by atomic mass is 16.4. The van der Waals surface area contributed by atoms with Crippen molar-refractivity contribution in [3.8, 4) is 0 Å². The molecule has 0 aliphatic heterocycles. The summed E-state index contributed by atoms with van der Waals surface area (Å²) in [7, 11) is 0. The van der Waals surface area contributed by atoms with E-state index in [-0.39, 0.29) is 23.3 Å². The molecule has 0 heterocycles. The van der Waals surface area contributed by atoms with Gasteiger partial charge in [-0.05, 0) is 18.3 Å². The molecule has 1 amide bonds. The fourth-order valence-corrected chi connectivity index (χ4v) is 1.70. The minimum atomic E-state index is -0.753. The van der Waals surface area contributed by atoms with Crippen LogP contribution in [0.3, 0.4) is 0 Å². The highest BCUT2D eigenvalue weighted by molar-refractivity contribution is 5.78. The van der Waals surface area contributed by atoms with E-state index in [9.17, 15) is 9.59 Å². The molecule has 1 aliphatic rings. The van der Waals surface area contributed by atoms with Crippen LogP contribution < -0.4 is 5.32 Å². The Bertz CT molecular complexity index is 261. The molecule has 0 bridgehead atoms. The Morgan fingerprint density at radius 2 is 1.87 bits per heavy atom. The average Bonchev–Trinajstić information content (AvgIpc) is 1.91. The number of rotatable bonds is 3. The summed E-state index contributed by atoms with van der Waals surface area (Å²) in [5.74, 6) is -0.988. The summed E-state index contributed by atoms with van der Waals surface area (Å²) in [6, 6.07) is 0.0703. The number of carbonyl (C=O) groups excluding carboxylic acids is 1. The average molecular weight is 213 g/mol. The first-order valence-electron chi connectivity index (χ1n) is 5.30. The molecule has 0 saturated heterocycles. The first kappa shape index (κ1) is 12.0. The van der Waals surface area contributed by atoms with Gasteiger partial charge in [-0.2, -0.15) is 0 Å². The van der Waals surface area contributed by atoms with E-state index in [2.05, 4.69) is 5.32 Å². The molecular weight excluding hydrogens is 194 g/mol. The molecule has 15 heavy (non-hydrogen) atoms. The molecule has 1 fully saturated rings. The lowest BCUT2D eigenvalue weighted by atomic mass is 9.80. The van der Waals surface area contributed by atoms with Crippen molar-refractivity contribution >= 4 is 11.9 Å². The zero-order valence-corrected chi connectivity index (χ0v) is 9.54. The maximum absolute atomic E-state index is 11.5. The molecule has 0 aromatic heterocycles. The largest absolute Gasteiger partial charge is 0.481 e. The van der Waals surface area contributed by atoms with Crippen molar-refractivity contribution in [1.29, 1.82) is 0 Å². The van der Waals surface area contributed by atoms with Crippen LogP contribution in [-0.4, -0.2) is 23.0 Å². The van der Waals surface area contributed by atoms with Gasteiger partial charge >= 0.3 is 5.97 Å². The Labute approximate surface area is 90.0 Å². The van der Waals surface area contributed by atoms with Gasteiger partial charge in [-0.25, -0.2) is 0 Å². The van der Waals surface area contributed by atoms with E-state index < -0.39 is 5.97 Å². The van der Waals surface area contributed by atoms with Gasteiger partial charge in [0.25, 0.3) is 0 Å². The lowest BCUT2D eigenvalue weighted by Crippen LogP contribution is -2.47. The summed E-state index contributed by atoms with van der Waals surface area (Å²) in [4.78, 5) is 22.0. The maximum Gasteiger partial charge on any atom is 0.306 e. The lowest BCUT2D eigenvalue weighted by molar-refractivity contribution is -0.146.